The van der Waals surface area contributed by atoms with Crippen LogP contribution in [0.1, 0.15) is 43.2 Å². The van der Waals surface area contributed by atoms with Crippen LogP contribution in [0.5, 0.6) is 0 Å². The van der Waals surface area contributed by atoms with Crippen molar-refractivity contribution in [2.45, 2.75) is 57.3 Å². The summed E-state index contributed by atoms with van der Waals surface area (Å²) >= 11 is 0. The molecule has 1 spiro atoms. The van der Waals surface area contributed by atoms with Crippen LogP contribution in [0.2, 0.25) is 0 Å². The van der Waals surface area contributed by atoms with Crippen LogP contribution in [0.3, 0.4) is 0 Å². The summed E-state index contributed by atoms with van der Waals surface area (Å²) in [6, 6.07) is 8.87. The van der Waals surface area contributed by atoms with E-state index in [9.17, 15) is 0 Å². The van der Waals surface area contributed by atoms with Crippen molar-refractivity contribution in [2.24, 2.45) is 5.92 Å². The van der Waals surface area contributed by atoms with E-state index in [1.165, 1.54) is 11.1 Å². The van der Waals surface area contributed by atoms with E-state index in [1.807, 2.05) is 0 Å². The molecule has 1 aromatic rings. The van der Waals surface area contributed by atoms with E-state index in [4.69, 9.17) is 14.2 Å². The summed E-state index contributed by atoms with van der Waals surface area (Å²) in [5, 5.41) is 0. The molecule has 4 rings (SSSR count). The molecule has 1 atom stereocenters. The van der Waals surface area contributed by atoms with E-state index < -0.39 is 0 Å². The molecule has 3 aliphatic heterocycles. The van der Waals surface area contributed by atoms with Crippen molar-refractivity contribution < 1.29 is 14.2 Å². The molecular weight excluding hydrogens is 326 g/mol. The zero-order valence-corrected chi connectivity index (χ0v) is 16.1. The maximum atomic E-state index is 6.28. The number of benzene rings is 1. The summed E-state index contributed by atoms with van der Waals surface area (Å²) < 4.78 is 17.9. The minimum Gasteiger partial charge on any atom is -0.381 e. The van der Waals surface area contributed by atoms with Gasteiger partial charge in [-0.15, -0.1) is 0 Å². The largest absolute Gasteiger partial charge is 0.381 e. The van der Waals surface area contributed by atoms with Gasteiger partial charge in [-0.05, 0) is 44.1 Å². The average molecular weight is 360 g/mol. The second-order valence-electron chi connectivity index (χ2n) is 8.47. The summed E-state index contributed by atoms with van der Waals surface area (Å²) in [6.07, 6.45) is 5.93. The first-order chi connectivity index (χ1) is 12.7. The minimum atomic E-state index is 0.0729. The molecule has 0 unspecified atom stereocenters. The van der Waals surface area contributed by atoms with Gasteiger partial charge in [0.15, 0.2) is 0 Å². The van der Waals surface area contributed by atoms with Crippen LogP contribution in [-0.2, 0) is 20.8 Å². The number of hydrogen-bond donors (Lipinski definition) is 0. The van der Waals surface area contributed by atoms with Crippen molar-refractivity contribution in [3.63, 3.8) is 0 Å². The Labute approximate surface area is 157 Å². The summed E-state index contributed by atoms with van der Waals surface area (Å²) in [5.74, 6) is 0.677. The van der Waals surface area contributed by atoms with Gasteiger partial charge in [0.1, 0.15) is 0 Å². The van der Waals surface area contributed by atoms with Crippen molar-refractivity contribution in [2.75, 3.05) is 39.5 Å². The van der Waals surface area contributed by atoms with Gasteiger partial charge < -0.3 is 14.2 Å². The molecule has 0 bridgehead atoms. The molecule has 144 valence electrons. The standard InChI is InChI=1S/C22H33NO3/c1-18-3-2-4-20(13-18)15-23-9-7-22(8-10-23)14-21(17-26-22)25-16-19-5-11-24-12-6-19/h2-4,13,19,21H,5-12,14-17H2,1H3/t21-/m0/s1. The Morgan fingerprint density at radius 3 is 2.77 bits per heavy atom. The van der Waals surface area contributed by atoms with E-state index >= 15 is 0 Å². The third-order valence-electron chi connectivity index (χ3n) is 6.34. The molecule has 1 aromatic carbocycles. The molecule has 3 aliphatic rings. The highest BCUT2D eigenvalue weighted by Crippen LogP contribution is 2.37. The molecule has 0 radical (unpaired) electrons. The Kier molecular flexibility index (Phi) is 5.94. The van der Waals surface area contributed by atoms with Crippen molar-refractivity contribution in [3.05, 3.63) is 35.4 Å². The molecule has 0 amide bonds. The fourth-order valence-corrected chi connectivity index (χ4v) is 4.63. The zero-order valence-electron chi connectivity index (χ0n) is 16.1. The third-order valence-corrected chi connectivity index (χ3v) is 6.34. The van der Waals surface area contributed by atoms with Gasteiger partial charge in [-0.25, -0.2) is 0 Å². The molecule has 4 nitrogen and oxygen atoms in total. The van der Waals surface area contributed by atoms with E-state index in [1.54, 1.807) is 0 Å². The first kappa shape index (κ1) is 18.4. The SMILES string of the molecule is Cc1cccc(CN2CCC3(CC2)C[C@H](OCC2CCOCC2)CO3)c1. The van der Waals surface area contributed by atoms with E-state index in [0.717, 1.165) is 78.2 Å². The normalized spacial score (nSPS) is 27.2. The van der Waals surface area contributed by atoms with Gasteiger partial charge in [0.2, 0.25) is 0 Å². The molecule has 26 heavy (non-hydrogen) atoms. The Hall–Kier alpha value is -0.940. The number of nitrogens with zero attached hydrogens (tertiary/aromatic N) is 1. The van der Waals surface area contributed by atoms with Gasteiger partial charge in [-0.3, -0.25) is 4.90 Å². The first-order valence-corrected chi connectivity index (χ1v) is 10.3. The fourth-order valence-electron chi connectivity index (χ4n) is 4.63. The van der Waals surface area contributed by atoms with Gasteiger partial charge in [-0.1, -0.05) is 29.8 Å². The van der Waals surface area contributed by atoms with Crippen LogP contribution in [0.4, 0.5) is 0 Å². The van der Waals surface area contributed by atoms with Crippen molar-refractivity contribution in [1.82, 2.24) is 4.90 Å². The predicted molar refractivity (Wildman–Crippen MR) is 102 cm³/mol. The average Bonchev–Trinajstić information content (AvgIpc) is 3.06. The molecule has 3 fully saturated rings. The Bertz CT molecular complexity index is 577. The predicted octanol–water partition coefficient (Wildman–Crippen LogP) is 3.56. The monoisotopic (exact) mass is 359 g/mol. The fraction of sp³-hybridized carbons (Fsp3) is 0.727. The van der Waals surface area contributed by atoms with E-state index in [-0.39, 0.29) is 5.60 Å². The summed E-state index contributed by atoms with van der Waals surface area (Å²) in [4.78, 5) is 2.57. The lowest BCUT2D eigenvalue weighted by molar-refractivity contribution is -0.0479. The van der Waals surface area contributed by atoms with Crippen molar-refractivity contribution in [3.8, 4) is 0 Å². The lowest BCUT2D eigenvalue weighted by Gasteiger charge is -2.38. The minimum absolute atomic E-state index is 0.0729. The number of rotatable bonds is 5. The smallest absolute Gasteiger partial charge is 0.0836 e. The number of ether oxygens (including phenoxy) is 3. The molecular formula is C22H33NO3. The second-order valence-corrected chi connectivity index (χ2v) is 8.47. The quantitative estimate of drug-likeness (QED) is 0.804. The number of aryl methyl sites for hydroxylation is 1. The third kappa shape index (κ3) is 4.66. The van der Waals surface area contributed by atoms with Gasteiger partial charge in [-0.2, -0.15) is 0 Å². The van der Waals surface area contributed by atoms with Gasteiger partial charge in [0.25, 0.3) is 0 Å². The Balaban J connectivity index is 1.21. The highest BCUT2D eigenvalue weighted by molar-refractivity contribution is 5.22. The number of likely N-dealkylation sites (tertiary alicyclic amines) is 1. The molecule has 0 aromatic heterocycles. The van der Waals surface area contributed by atoms with Gasteiger partial charge in [0.05, 0.1) is 24.9 Å². The molecule has 4 heteroatoms. The van der Waals surface area contributed by atoms with Crippen LogP contribution in [0.25, 0.3) is 0 Å². The van der Waals surface area contributed by atoms with Crippen molar-refractivity contribution >= 4 is 0 Å². The van der Waals surface area contributed by atoms with Crippen LogP contribution in [-0.4, -0.2) is 56.1 Å². The van der Waals surface area contributed by atoms with Crippen molar-refractivity contribution in [1.29, 1.82) is 0 Å². The molecule has 3 saturated heterocycles. The lowest BCUT2D eigenvalue weighted by Crippen LogP contribution is -2.44. The second kappa shape index (κ2) is 8.39. The summed E-state index contributed by atoms with van der Waals surface area (Å²) in [5.41, 5.74) is 2.84. The lowest BCUT2D eigenvalue weighted by atomic mass is 9.87. The van der Waals surface area contributed by atoms with Crippen LogP contribution in [0, 0.1) is 12.8 Å². The molecule has 3 heterocycles. The number of hydrogen-bond acceptors (Lipinski definition) is 4. The van der Waals surface area contributed by atoms with E-state index in [2.05, 4.69) is 36.1 Å². The highest BCUT2D eigenvalue weighted by Gasteiger charge is 2.43. The summed E-state index contributed by atoms with van der Waals surface area (Å²) in [6.45, 7) is 8.93. The van der Waals surface area contributed by atoms with E-state index in [0.29, 0.717) is 12.0 Å². The van der Waals surface area contributed by atoms with Gasteiger partial charge in [0, 0.05) is 39.3 Å². The maximum absolute atomic E-state index is 6.28. The summed E-state index contributed by atoms with van der Waals surface area (Å²) in [7, 11) is 0. The van der Waals surface area contributed by atoms with Gasteiger partial charge >= 0.3 is 0 Å². The topological polar surface area (TPSA) is 30.9 Å². The Morgan fingerprint density at radius 1 is 1.19 bits per heavy atom. The van der Waals surface area contributed by atoms with Crippen LogP contribution >= 0.6 is 0 Å². The molecule has 0 N–H and O–H groups in total. The first-order valence-electron chi connectivity index (χ1n) is 10.3. The number of piperidine rings is 1. The zero-order chi connectivity index (χ0) is 17.8. The maximum Gasteiger partial charge on any atom is 0.0836 e. The van der Waals surface area contributed by atoms with Crippen LogP contribution < -0.4 is 0 Å². The molecule has 0 aliphatic carbocycles. The van der Waals surface area contributed by atoms with Crippen LogP contribution in [0.15, 0.2) is 24.3 Å². The molecule has 0 saturated carbocycles. The Morgan fingerprint density at radius 2 is 2.00 bits per heavy atom. The highest BCUT2D eigenvalue weighted by atomic mass is 16.6.